The van der Waals surface area contributed by atoms with Gasteiger partial charge in [0.1, 0.15) is 5.75 Å². The minimum atomic E-state index is -1.22. The third-order valence-electron chi connectivity index (χ3n) is 3.17. The highest BCUT2D eigenvalue weighted by Gasteiger charge is 2.23. The number of carbonyl (C=O) groups is 2. The number of nitrogens with zero attached hydrogens (tertiary/aromatic N) is 2. The van der Waals surface area contributed by atoms with Gasteiger partial charge in [-0.05, 0) is 55.5 Å². The molecule has 2 aromatic carbocycles. The van der Waals surface area contributed by atoms with Crippen LogP contribution in [0.4, 0.5) is 17.1 Å². The third kappa shape index (κ3) is 4.64. The van der Waals surface area contributed by atoms with Crippen molar-refractivity contribution in [2.45, 2.75) is 13.0 Å². The van der Waals surface area contributed by atoms with E-state index in [4.69, 9.17) is 10.5 Å². The van der Waals surface area contributed by atoms with Crippen molar-refractivity contribution in [2.75, 3.05) is 18.2 Å². The van der Waals surface area contributed by atoms with E-state index in [1.54, 1.807) is 55.6 Å². The summed E-state index contributed by atoms with van der Waals surface area (Å²) in [6.07, 6.45) is 0. The Bertz CT molecular complexity index is 739. The zero-order valence-electron chi connectivity index (χ0n) is 13.4. The SMILES string of the molecule is COc1ccc(NC(=O)C(N=Nc2ccc(N)cc2)C(C)=O)cc1. The maximum atomic E-state index is 12.2. The van der Waals surface area contributed by atoms with Crippen LogP contribution in [-0.2, 0) is 9.59 Å². The molecule has 1 amide bonds. The molecule has 1 atom stereocenters. The van der Waals surface area contributed by atoms with Crippen LogP contribution in [0.5, 0.6) is 5.75 Å². The first-order valence-corrected chi connectivity index (χ1v) is 7.21. The van der Waals surface area contributed by atoms with Crippen molar-refractivity contribution >= 4 is 28.8 Å². The fourth-order valence-corrected chi connectivity index (χ4v) is 1.87. The molecule has 2 aromatic rings. The lowest BCUT2D eigenvalue weighted by Gasteiger charge is -2.09. The summed E-state index contributed by atoms with van der Waals surface area (Å²) >= 11 is 0. The lowest BCUT2D eigenvalue weighted by atomic mass is 10.2. The zero-order chi connectivity index (χ0) is 17.5. The number of anilines is 2. The smallest absolute Gasteiger partial charge is 0.258 e. The molecule has 0 aliphatic rings. The summed E-state index contributed by atoms with van der Waals surface area (Å²) in [5.74, 6) is -0.286. The minimum Gasteiger partial charge on any atom is -0.497 e. The van der Waals surface area contributed by atoms with Crippen LogP contribution in [0.25, 0.3) is 0 Å². The highest BCUT2D eigenvalue weighted by molar-refractivity contribution is 6.10. The van der Waals surface area contributed by atoms with E-state index in [9.17, 15) is 9.59 Å². The van der Waals surface area contributed by atoms with Gasteiger partial charge in [0.15, 0.2) is 5.78 Å². The van der Waals surface area contributed by atoms with Crippen LogP contribution in [0.15, 0.2) is 58.8 Å². The van der Waals surface area contributed by atoms with Gasteiger partial charge in [-0.2, -0.15) is 10.2 Å². The molecule has 1 unspecified atom stereocenters. The van der Waals surface area contributed by atoms with Crippen molar-refractivity contribution in [1.82, 2.24) is 0 Å². The van der Waals surface area contributed by atoms with E-state index < -0.39 is 17.7 Å². The van der Waals surface area contributed by atoms with Crippen molar-refractivity contribution in [2.24, 2.45) is 10.2 Å². The number of rotatable bonds is 6. The second kappa shape index (κ2) is 7.87. The Morgan fingerprint density at radius 3 is 2.25 bits per heavy atom. The Morgan fingerprint density at radius 1 is 1.08 bits per heavy atom. The van der Waals surface area contributed by atoms with Gasteiger partial charge in [-0.25, -0.2) is 0 Å². The number of amides is 1. The molecule has 124 valence electrons. The first kappa shape index (κ1) is 17.1. The van der Waals surface area contributed by atoms with E-state index in [2.05, 4.69) is 15.5 Å². The van der Waals surface area contributed by atoms with E-state index in [-0.39, 0.29) is 0 Å². The number of benzene rings is 2. The van der Waals surface area contributed by atoms with Crippen LogP contribution in [0, 0.1) is 0 Å². The second-order valence-electron chi connectivity index (χ2n) is 5.04. The Kier molecular flexibility index (Phi) is 5.62. The van der Waals surface area contributed by atoms with Gasteiger partial charge in [-0.1, -0.05) is 0 Å². The maximum absolute atomic E-state index is 12.2. The Hall–Kier alpha value is -3.22. The van der Waals surface area contributed by atoms with Crippen LogP contribution >= 0.6 is 0 Å². The lowest BCUT2D eigenvalue weighted by molar-refractivity contribution is -0.126. The highest BCUT2D eigenvalue weighted by atomic mass is 16.5. The number of nitrogens with one attached hydrogen (secondary N) is 1. The van der Waals surface area contributed by atoms with E-state index in [1.807, 2.05) is 0 Å². The summed E-state index contributed by atoms with van der Waals surface area (Å²) in [7, 11) is 1.55. The number of nitrogens with two attached hydrogens (primary N) is 1. The topological polar surface area (TPSA) is 106 Å². The van der Waals surface area contributed by atoms with Crippen molar-refractivity contribution in [3.05, 3.63) is 48.5 Å². The largest absolute Gasteiger partial charge is 0.497 e. The molecule has 0 saturated heterocycles. The predicted molar refractivity (Wildman–Crippen MR) is 91.5 cm³/mol. The zero-order valence-corrected chi connectivity index (χ0v) is 13.4. The normalized spacial score (nSPS) is 11.9. The van der Waals surface area contributed by atoms with E-state index in [0.717, 1.165) is 0 Å². The number of methoxy groups -OCH3 is 1. The first-order chi connectivity index (χ1) is 11.5. The van der Waals surface area contributed by atoms with Gasteiger partial charge in [0, 0.05) is 11.4 Å². The molecule has 2 rings (SSSR count). The Labute approximate surface area is 139 Å². The van der Waals surface area contributed by atoms with Gasteiger partial charge in [-0.15, -0.1) is 0 Å². The molecule has 0 saturated carbocycles. The van der Waals surface area contributed by atoms with E-state index in [1.165, 1.54) is 6.92 Å². The number of nitrogen functional groups attached to an aromatic ring is 1. The molecule has 0 radical (unpaired) electrons. The van der Waals surface area contributed by atoms with Gasteiger partial charge < -0.3 is 15.8 Å². The summed E-state index contributed by atoms with van der Waals surface area (Å²) in [5.41, 5.74) is 7.22. The summed E-state index contributed by atoms with van der Waals surface area (Å²) in [5, 5.41) is 10.4. The number of ether oxygens (including phenoxy) is 1. The number of ketones is 1. The minimum absolute atomic E-state index is 0.403. The lowest BCUT2D eigenvalue weighted by Crippen LogP contribution is -2.31. The van der Waals surface area contributed by atoms with Gasteiger partial charge in [0.2, 0.25) is 6.04 Å². The maximum Gasteiger partial charge on any atom is 0.258 e. The number of carbonyl (C=O) groups excluding carboxylic acids is 2. The number of Topliss-reactive ketones (excluding diaryl/α,β-unsaturated/α-hetero) is 1. The Balaban J connectivity index is 2.09. The van der Waals surface area contributed by atoms with Gasteiger partial charge in [0.05, 0.1) is 12.8 Å². The molecular formula is C17H18N4O3. The Morgan fingerprint density at radius 2 is 1.71 bits per heavy atom. The summed E-state index contributed by atoms with van der Waals surface area (Å²) in [4.78, 5) is 23.9. The molecule has 7 heteroatoms. The van der Waals surface area contributed by atoms with Gasteiger partial charge >= 0.3 is 0 Å². The molecule has 0 bridgehead atoms. The predicted octanol–water partition coefficient (Wildman–Crippen LogP) is 2.96. The number of azo groups is 1. The fourth-order valence-electron chi connectivity index (χ4n) is 1.87. The quantitative estimate of drug-likeness (QED) is 0.483. The average Bonchev–Trinajstić information content (AvgIpc) is 2.57. The standard InChI is InChI=1S/C17H18N4O3/c1-11(22)16(21-20-14-5-3-12(18)4-6-14)17(23)19-13-7-9-15(24-2)10-8-13/h3-10,16H,18H2,1-2H3,(H,19,23). The first-order valence-electron chi connectivity index (χ1n) is 7.21. The number of hydrogen-bond donors (Lipinski definition) is 2. The van der Waals surface area contributed by atoms with Crippen molar-refractivity contribution < 1.29 is 14.3 Å². The van der Waals surface area contributed by atoms with Crippen molar-refractivity contribution in [3.8, 4) is 5.75 Å². The van der Waals surface area contributed by atoms with Crippen LogP contribution in [0.2, 0.25) is 0 Å². The molecule has 0 heterocycles. The van der Waals surface area contributed by atoms with Crippen LogP contribution in [-0.4, -0.2) is 24.8 Å². The average molecular weight is 326 g/mol. The molecular weight excluding hydrogens is 308 g/mol. The van der Waals surface area contributed by atoms with Gasteiger partial charge in [0.25, 0.3) is 5.91 Å². The molecule has 0 fully saturated rings. The molecule has 0 aliphatic heterocycles. The van der Waals surface area contributed by atoms with Gasteiger partial charge in [-0.3, -0.25) is 9.59 Å². The van der Waals surface area contributed by atoms with Crippen molar-refractivity contribution in [3.63, 3.8) is 0 Å². The molecule has 24 heavy (non-hydrogen) atoms. The molecule has 7 nitrogen and oxygen atoms in total. The monoisotopic (exact) mass is 326 g/mol. The van der Waals surface area contributed by atoms with E-state index in [0.29, 0.717) is 22.8 Å². The summed E-state index contributed by atoms with van der Waals surface area (Å²) in [6, 6.07) is 12.2. The van der Waals surface area contributed by atoms with Crippen LogP contribution in [0.3, 0.4) is 0 Å². The fraction of sp³-hybridized carbons (Fsp3) is 0.176. The molecule has 3 N–H and O–H groups in total. The molecule has 0 spiro atoms. The summed E-state index contributed by atoms with van der Waals surface area (Å²) in [6.45, 7) is 1.29. The summed E-state index contributed by atoms with van der Waals surface area (Å²) < 4.78 is 5.05. The van der Waals surface area contributed by atoms with Crippen LogP contribution < -0.4 is 15.8 Å². The van der Waals surface area contributed by atoms with Crippen molar-refractivity contribution in [1.29, 1.82) is 0 Å². The van der Waals surface area contributed by atoms with E-state index >= 15 is 0 Å². The second-order valence-corrected chi connectivity index (χ2v) is 5.04. The van der Waals surface area contributed by atoms with Crippen LogP contribution in [0.1, 0.15) is 6.92 Å². The number of hydrogen-bond acceptors (Lipinski definition) is 6. The third-order valence-corrected chi connectivity index (χ3v) is 3.17. The molecule has 0 aromatic heterocycles. The molecule has 0 aliphatic carbocycles. The highest BCUT2D eigenvalue weighted by Crippen LogP contribution is 2.17.